The summed E-state index contributed by atoms with van der Waals surface area (Å²) in [6.07, 6.45) is 12.3. The van der Waals surface area contributed by atoms with E-state index in [2.05, 4.69) is 6.08 Å². The highest BCUT2D eigenvalue weighted by atomic mass is 16.1. The molecule has 1 unspecified atom stereocenters. The Labute approximate surface area is 66.1 Å². The van der Waals surface area contributed by atoms with Crippen LogP contribution in [-0.2, 0) is 4.79 Å². The predicted octanol–water partition coefficient (Wildman–Crippen LogP) is 1.16. The molecule has 11 heavy (non-hydrogen) atoms. The average Bonchev–Trinajstić information content (AvgIpc) is 2.03. The first-order valence-electron chi connectivity index (χ1n) is 3.60. The molecule has 1 rings (SSSR count). The molecular formula is C9H11NO. The normalized spacial score (nSPS) is 22.7. The minimum atomic E-state index is -0.382. The van der Waals surface area contributed by atoms with Crippen LogP contribution >= 0.6 is 0 Å². The van der Waals surface area contributed by atoms with Crippen LogP contribution in [0.1, 0.15) is 6.42 Å². The van der Waals surface area contributed by atoms with E-state index in [-0.39, 0.29) is 5.91 Å². The predicted molar refractivity (Wildman–Crippen MR) is 44.7 cm³/mol. The van der Waals surface area contributed by atoms with Gasteiger partial charge in [-0.05, 0) is 18.4 Å². The van der Waals surface area contributed by atoms with Crippen molar-refractivity contribution in [2.24, 2.45) is 11.7 Å². The summed E-state index contributed by atoms with van der Waals surface area (Å²) in [7, 11) is 0. The highest BCUT2D eigenvalue weighted by Gasteiger charge is 1.99. The Balaban J connectivity index is 2.44. The minimum absolute atomic E-state index is 0.340. The summed E-state index contributed by atoms with van der Waals surface area (Å²) in [6, 6.07) is 0. The van der Waals surface area contributed by atoms with Gasteiger partial charge >= 0.3 is 0 Å². The van der Waals surface area contributed by atoms with E-state index < -0.39 is 0 Å². The van der Waals surface area contributed by atoms with Gasteiger partial charge in [-0.15, -0.1) is 0 Å². The molecule has 0 aromatic rings. The fourth-order valence-corrected chi connectivity index (χ4v) is 0.961. The van der Waals surface area contributed by atoms with Crippen molar-refractivity contribution in [3.8, 4) is 0 Å². The second-order valence-electron chi connectivity index (χ2n) is 2.47. The van der Waals surface area contributed by atoms with Crippen LogP contribution in [0.15, 0.2) is 36.5 Å². The van der Waals surface area contributed by atoms with Gasteiger partial charge in [0.05, 0.1) is 0 Å². The zero-order valence-corrected chi connectivity index (χ0v) is 6.23. The summed E-state index contributed by atoms with van der Waals surface area (Å²) in [5.41, 5.74) is 4.94. The summed E-state index contributed by atoms with van der Waals surface area (Å²) in [4.78, 5) is 10.3. The van der Waals surface area contributed by atoms with Gasteiger partial charge < -0.3 is 5.73 Å². The maximum Gasteiger partial charge on any atom is 0.241 e. The molecule has 1 atom stereocenters. The van der Waals surface area contributed by atoms with E-state index in [1.54, 1.807) is 0 Å². The van der Waals surface area contributed by atoms with Gasteiger partial charge in [0, 0.05) is 0 Å². The largest absolute Gasteiger partial charge is 0.366 e. The van der Waals surface area contributed by atoms with Crippen LogP contribution in [0.4, 0.5) is 0 Å². The van der Waals surface area contributed by atoms with E-state index in [9.17, 15) is 4.79 Å². The third-order valence-electron chi connectivity index (χ3n) is 1.52. The fourth-order valence-electron chi connectivity index (χ4n) is 0.961. The van der Waals surface area contributed by atoms with Crippen molar-refractivity contribution in [1.82, 2.24) is 0 Å². The Hall–Kier alpha value is -1.31. The van der Waals surface area contributed by atoms with E-state index in [1.165, 1.54) is 6.08 Å². The number of hydrogen-bond donors (Lipinski definition) is 1. The van der Waals surface area contributed by atoms with Gasteiger partial charge in [-0.25, -0.2) is 0 Å². The molecule has 0 saturated carbocycles. The topological polar surface area (TPSA) is 43.1 Å². The number of carbonyl (C=O) groups is 1. The van der Waals surface area contributed by atoms with Gasteiger partial charge in [0.2, 0.25) is 5.91 Å². The van der Waals surface area contributed by atoms with Crippen molar-refractivity contribution in [3.05, 3.63) is 36.5 Å². The molecule has 0 bridgehead atoms. The van der Waals surface area contributed by atoms with E-state index in [4.69, 9.17) is 5.73 Å². The Bertz CT molecular complexity index is 226. The second-order valence-corrected chi connectivity index (χ2v) is 2.47. The van der Waals surface area contributed by atoms with Crippen LogP contribution in [-0.4, -0.2) is 5.91 Å². The average molecular weight is 149 g/mol. The number of primary amides is 1. The van der Waals surface area contributed by atoms with Gasteiger partial charge in [-0.2, -0.15) is 0 Å². The van der Waals surface area contributed by atoms with Crippen LogP contribution in [0.5, 0.6) is 0 Å². The standard InChI is InChI=1S/C9H11NO/c10-9(11)7-6-8-4-2-1-3-5-8/h1-4,6-8H,5H2,(H2,10,11)/b7-6+. The number of hydrogen-bond acceptors (Lipinski definition) is 1. The Kier molecular flexibility index (Phi) is 2.66. The first-order chi connectivity index (χ1) is 5.29. The first kappa shape index (κ1) is 7.79. The Morgan fingerprint density at radius 1 is 1.55 bits per heavy atom. The quantitative estimate of drug-likeness (QED) is 0.588. The molecule has 2 N–H and O–H groups in total. The molecule has 0 spiro atoms. The molecule has 0 aliphatic heterocycles. The van der Waals surface area contributed by atoms with Crippen LogP contribution in [0.2, 0.25) is 0 Å². The molecule has 0 saturated heterocycles. The molecular weight excluding hydrogens is 138 g/mol. The van der Waals surface area contributed by atoms with E-state index >= 15 is 0 Å². The second kappa shape index (κ2) is 3.76. The van der Waals surface area contributed by atoms with Crippen molar-refractivity contribution in [1.29, 1.82) is 0 Å². The molecule has 1 amide bonds. The van der Waals surface area contributed by atoms with Gasteiger partial charge in [-0.1, -0.05) is 30.4 Å². The smallest absolute Gasteiger partial charge is 0.241 e. The minimum Gasteiger partial charge on any atom is -0.366 e. The molecule has 0 aromatic heterocycles. The highest BCUT2D eigenvalue weighted by molar-refractivity contribution is 5.85. The van der Waals surface area contributed by atoms with E-state index in [0.29, 0.717) is 5.92 Å². The van der Waals surface area contributed by atoms with Gasteiger partial charge in [0.1, 0.15) is 0 Å². The summed E-state index contributed by atoms with van der Waals surface area (Å²) in [6.45, 7) is 0. The lowest BCUT2D eigenvalue weighted by Gasteiger charge is -2.05. The van der Waals surface area contributed by atoms with Crippen molar-refractivity contribution in [2.75, 3.05) is 0 Å². The van der Waals surface area contributed by atoms with Crippen LogP contribution < -0.4 is 5.73 Å². The lowest BCUT2D eigenvalue weighted by atomic mass is 10.0. The first-order valence-corrected chi connectivity index (χ1v) is 3.60. The lowest BCUT2D eigenvalue weighted by molar-refractivity contribution is -0.113. The van der Waals surface area contributed by atoms with Gasteiger partial charge in [0.15, 0.2) is 0 Å². The number of carbonyl (C=O) groups excluding carboxylic acids is 1. The number of amides is 1. The summed E-state index contributed by atoms with van der Waals surface area (Å²) >= 11 is 0. The number of rotatable bonds is 2. The number of allylic oxidation sites excluding steroid dienone is 5. The van der Waals surface area contributed by atoms with Crippen LogP contribution in [0, 0.1) is 5.92 Å². The van der Waals surface area contributed by atoms with Crippen LogP contribution in [0.25, 0.3) is 0 Å². The highest BCUT2D eigenvalue weighted by Crippen LogP contribution is 2.11. The summed E-state index contributed by atoms with van der Waals surface area (Å²) in [5, 5.41) is 0. The molecule has 0 aromatic carbocycles. The number of nitrogens with two attached hydrogens (primary N) is 1. The van der Waals surface area contributed by atoms with Crippen molar-refractivity contribution >= 4 is 5.91 Å². The zero-order valence-electron chi connectivity index (χ0n) is 6.23. The molecule has 0 radical (unpaired) electrons. The molecule has 2 nitrogen and oxygen atoms in total. The van der Waals surface area contributed by atoms with Crippen LogP contribution in [0.3, 0.4) is 0 Å². The van der Waals surface area contributed by atoms with Crippen molar-refractivity contribution in [3.63, 3.8) is 0 Å². The molecule has 2 heteroatoms. The van der Waals surface area contributed by atoms with E-state index in [0.717, 1.165) is 6.42 Å². The monoisotopic (exact) mass is 149 g/mol. The molecule has 0 heterocycles. The van der Waals surface area contributed by atoms with Gasteiger partial charge in [0.25, 0.3) is 0 Å². The Morgan fingerprint density at radius 3 is 2.91 bits per heavy atom. The maximum atomic E-state index is 10.3. The zero-order chi connectivity index (χ0) is 8.10. The summed E-state index contributed by atoms with van der Waals surface area (Å²) in [5.74, 6) is -0.0412. The third kappa shape index (κ3) is 2.85. The maximum absolute atomic E-state index is 10.3. The lowest BCUT2D eigenvalue weighted by Crippen LogP contribution is -2.06. The fraction of sp³-hybridized carbons (Fsp3) is 0.222. The Morgan fingerprint density at radius 2 is 2.36 bits per heavy atom. The van der Waals surface area contributed by atoms with Crippen molar-refractivity contribution < 1.29 is 4.79 Å². The van der Waals surface area contributed by atoms with E-state index in [1.807, 2.05) is 24.3 Å². The SMILES string of the molecule is NC(=O)/C=C/C1C=CC=CC1. The van der Waals surface area contributed by atoms with Crippen molar-refractivity contribution in [2.45, 2.75) is 6.42 Å². The molecule has 58 valence electrons. The molecule has 0 fully saturated rings. The summed E-state index contributed by atoms with van der Waals surface area (Å²) < 4.78 is 0. The third-order valence-corrected chi connectivity index (χ3v) is 1.52. The molecule has 1 aliphatic rings. The van der Waals surface area contributed by atoms with Gasteiger partial charge in [-0.3, -0.25) is 4.79 Å². The molecule has 1 aliphatic carbocycles.